The molecule has 4 heteroatoms. The van der Waals surface area contributed by atoms with Gasteiger partial charge in [0.25, 0.3) is 0 Å². The van der Waals surface area contributed by atoms with Crippen LogP contribution >= 0.6 is 0 Å². The van der Waals surface area contributed by atoms with E-state index in [1.54, 1.807) is 7.11 Å². The predicted molar refractivity (Wildman–Crippen MR) is 60.9 cm³/mol. The third-order valence-electron chi connectivity index (χ3n) is 2.39. The van der Waals surface area contributed by atoms with E-state index >= 15 is 0 Å². The summed E-state index contributed by atoms with van der Waals surface area (Å²) in [5.41, 5.74) is 0.0310. The molecule has 1 rings (SSSR count). The van der Waals surface area contributed by atoms with E-state index in [2.05, 4.69) is 28.7 Å². The van der Waals surface area contributed by atoms with E-state index in [9.17, 15) is 0 Å². The summed E-state index contributed by atoms with van der Waals surface area (Å²) in [6, 6.07) is 0. The van der Waals surface area contributed by atoms with Gasteiger partial charge in [0.1, 0.15) is 5.82 Å². The maximum Gasteiger partial charge on any atom is 0.105 e. The highest BCUT2D eigenvalue weighted by molar-refractivity contribution is 4.88. The molecule has 0 aliphatic heterocycles. The molecule has 0 atom stereocenters. The topological polar surface area (TPSA) is 39.1 Å². The third-order valence-corrected chi connectivity index (χ3v) is 2.39. The molecule has 86 valence electrons. The van der Waals surface area contributed by atoms with Crippen LogP contribution in [0.1, 0.15) is 19.7 Å². The second-order valence-electron chi connectivity index (χ2n) is 4.41. The summed E-state index contributed by atoms with van der Waals surface area (Å²) < 4.78 is 7.27. The fraction of sp³-hybridized carbons (Fsp3) is 0.727. The lowest BCUT2D eigenvalue weighted by atomic mass is 10.1. The summed E-state index contributed by atoms with van der Waals surface area (Å²) in [6.07, 6.45) is 3.83. The molecule has 1 aromatic rings. The van der Waals surface area contributed by atoms with Gasteiger partial charge in [-0.05, 0) is 20.8 Å². The van der Waals surface area contributed by atoms with Crippen LogP contribution in [0.4, 0.5) is 0 Å². The van der Waals surface area contributed by atoms with Crippen molar-refractivity contribution in [1.29, 1.82) is 0 Å². The highest BCUT2D eigenvalue weighted by Gasteiger charge is 2.15. The lowest BCUT2D eigenvalue weighted by molar-refractivity contribution is 0.128. The first-order chi connectivity index (χ1) is 7.05. The molecule has 0 aliphatic rings. The van der Waals surface area contributed by atoms with Gasteiger partial charge in [0.15, 0.2) is 0 Å². The summed E-state index contributed by atoms with van der Waals surface area (Å²) in [5.74, 6) is 1.06. The molecular weight excluding hydrogens is 190 g/mol. The normalized spacial score (nSPS) is 12.0. The number of rotatable bonds is 6. The van der Waals surface area contributed by atoms with E-state index in [1.165, 1.54) is 0 Å². The summed E-state index contributed by atoms with van der Waals surface area (Å²) in [7, 11) is 1.73. The van der Waals surface area contributed by atoms with E-state index in [4.69, 9.17) is 4.74 Å². The standard InChI is InChI=1S/C11H21N3O/c1-10-12-5-7-14(10)8-6-13-11(2,3)9-15-4/h5,7,13H,6,8-9H2,1-4H3. The van der Waals surface area contributed by atoms with Crippen LogP contribution in [0.2, 0.25) is 0 Å². The van der Waals surface area contributed by atoms with Crippen LogP contribution in [-0.2, 0) is 11.3 Å². The minimum absolute atomic E-state index is 0.0310. The van der Waals surface area contributed by atoms with Crippen molar-refractivity contribution in [3.63, 3.8) is 0 Å². The number of ether oxygens (including phenoxy) is 1. The van der Waals surface area contributed by atoms with Crippen molar-refractivity contribution in [3.05, 3.63) is 18.2 Å². The zero-order valence-electron chi connectivity index (χ0n) is 10.1. The van der Waals surface area contributed by atoms with Gasteiger partial charge in [-0.15, -0.1) is 0 Å². The van der Waals surface area contributed by atoms with E-state index in [0.717, 1.165) is 25.5 Å². The number of hydrogen-bond donors (Lipinski definition) is 1. The molecule has 0 saturated carbocycles. The van der Waals surface area contributed by atoms with Crippen LogP contribution in [-0.4, -0.2) is 35.4 Å². The highest BCUT2D eigenvalue weighted by atomic mass is 16.5. The first kappa shape index (κ1) is 12.2. The largest absolute Gasteiger partial charge is 0.383 e. The summed E-state index contributed by atoms with van der Waals surface area (Å²) in [4.78, 5) is 4.18. The Morgan fingerprint density at radius 3 is 2.80 bits per heavy atom. The minimum Gasteiger partial charge on any atom is -0.383 e. The molecule has 0 unspecified atom stereocenters. The molecule has 0 aliphatic carbocycles. The van der Waals surface area contributed by atoms with Crippen LogP contribution in [0.15, 0.2) is 12.4 Å². The maximum absolute atomic E-state index is 5.14. The van der Waals surface area contributed by atoms with Gasteiger partial charge >= 0.3 is 0 Å². The monoisotopic (exact) mass is 211 g/mol. The summed E-state index contributed by atoms with van der Waals surface area (Å²) in [5, 5.41) is 3.45. The number of aromatic nitrogens is 2. The van der Waals surface area contributed by atoms with Gasteiger partial charge in [-0.25, -0.2) is 4.98 Å². The van der Waals surface area contributed by atoms with Crippen molar-refractivity contribution < 1.29 is 4.74 Å². The number of aryl methyl sites for hydroxylation is 1. The van der Waals surface area contributed by atoms with Crippen LogP contribution in [0.5, 0.6) is 0 Å². The molecule has 0 spiro atoms. The number of hydrogen-bond acceptors (Lipinski definition) is 3. The fourth-order valence-electron chi connectivity index (χ4n) is 1.57. The molecule has 0 fully saturated rings. The molecule has 15 heavy (non-hydrogen) atoms. The Labute approximate surface area is 91.7 Å². The van der Waals surface area contributed by atoms with Gasteiger partial charge in [0.05, 0.1) is 6.61 Å². The fourth-order valence-corrected chi connectivity index (χ4v) is 1.57. The average molecular weight is 211 g/mol. The van der Waals surface area contributed by atoms with Gasteiger partial charge < -0.3 is 14.6 Å². The number of imidazole rings is 1. The van der Waals surface area contributed by atoms with Crippen molar-refractivity contribution in [2.75, 3.05) is 20.3 Å². The minimum atomic E-state index is 0.0310. The van der Waals surface area contributed by atoms with Crippen molar-refractivity contribution in [3.8, 4) is 0 Å². The molecule has 1 aromatic heterocycles. The van der Waals surface area contributed by atoms with Crippen molar-refractivity contribution in [2.24, 2.45) is 0 Å². The third kappa shape index (κ3) is 4.01. The van der Waals surface area contributed by atoms with Crippen LogP contribution in [0.25, 0.3) is 0 Å². The first-order valence-electron chi connectivity index (χ1n) is 5.27. The van der Waals surface area contributed by atoms with E-state index in [-0.39, 0.29) is 5.54 Å². The predicted octanol–water partition coefficient (Wildman–Crippen LogP) is 1.21. The zero-order chi connectivity index (χ0) is 11.3. The Balaban J connectivity index is 2.30. The second-order valence-corrected chi connectivity index (χ2v) is 4.41. The lowest BCUT2D eigenvalue weighted by Gasteiger charge is -2.25. The van der Waals surface area contributed by atoms with Crippen LogP contribution < -0.4 is 5.32 Å². The molecule has 0 saturated heterocycles. The molecule has 0 aromatic carbocycles. The molecule has 1 N–H and O–H groups in total. The van der Waals surface area contributed by atoms with Crippen molar-refractivity contribution >= 4 is 0 Å². The van der Waals surface area contributed by atoms with Gasteiger partial charge in [-0.1, -0.05) is 0 Å². The van der Waals surface area contributed by atoms with Crippen LogP contribution in [0.3, 0.4) is 0 Å². The Hall–Kier alpha value is -0.870. The number of nitrogens with one attached hydrogen (secondary N) is 1. The molecule has 1 heterocycles. The van der Waals surface area contributed by atoms with Crippen molar-refractivity contribution in [1.82, 2.24) is 14.9 Å². The molecule has 0 bridgehead atoms. The quantitative estimate of drug-likeness (QED) is 0.768. The Kier molecular flexibility index (Phi) is 4.29. The summed E-state index contributed by atoms with van der Waals surface area (Å²) >= 11 is 0. The number of methoxy groups -OCH3 is 1. The highest BCUT2D eigenvalue weighted by Crippen LogP contribution is 2.02. The van der Waals surface area contributed by atoms with Gasteiger partial charge in [0.2, 0.25) is 0 Å². The van der Waals surface area contributed by atoms with Gasteiger partial charge in [-0.2, -0.15) is 0 Å². The Morgan fingerprint density at radius 1 is 1.53 bits per heavy atom. The smallest absolute Gasteiger partial charge is 0.105 e. The van der Waals surface area contributed by atoms with Gasteiger partial charge in [0, 0.05) is 38.1 Å². The Bertz CT molecular complexity index is 294. The zero-order valence-corrected chi connectivity index (χ0v) is 10.1. The summed E-state index contributed by atoms with van der Waals surface area (Å²) in [6.45, 7) is 8.87. The van der Waals surface area contributed by atoms with E-state index < -0.39 is 0 Å². The molecule has 0 amide bonds. The average Bonchev–Trinajstić information content (AvgIpc) is 2.51. The van der Waals surface area contributed by atoms with E-state index in [1.807, 2.05) is 19.3 Å². The van der Waals surface area contributed by atoms with Gasteiger partial charge in [-0.3, -0.25) is 0 Å². The molecular formula is C11H21N3O. The van der Waals surface area contributed by atoms with Crippen molar-refractivity contribution in [2.45, 2.75) is 32.9 Å². The molecule has 0 radical (unpaired) electrons. The number of nitrogens with zero attached hydrogens (tertiary/aromatic N) is 2. The lowest BCUT2D eigenvalue weighted by Crippen LogP contribution is -2.44. The van der Waals surface area contributed by atoms with E-state index in [0.29, 0.717) is 0 Å². The van der Waals surface area contributed by atoms with Crippen LogP contribution in [0, 0.1) is 6.92 Å². The SMILES string of the molecule is COCC(C)(C)NCCn1ccnc1C. The first-order valence-corrected chi connectivity index (χ1v) is 5.27. The maximum atomic E-state index is 5.14. The Morgan fingerprint density at radius 2 is 2.27 bits per heavy atom. The second kappa shape index (κ2) is 5.28. The molecule has 4 nitrogen and oxygen atoms in total.